The van der Waals surface area contributed by atoms with Crippen LogP contribution in [0.5, 0.6) is 0 Å². The fourth-order valence-electron chi connectivity index (χ4n) is 3.42. The third kappa shape index (κ3) is 2.59. The third-order valence-electron chi connectivity index (χ3n) is 4.44. The maximum atomic E-state index is 12.7. The summed E-state index contributed by atoms with van der Waals surface area (Å²) in [4.78, 5) is 14.8. The van der Waals surface area contributed by atoms with Crippen molar-refractivity contribution in [3.05, 3.63) is 23.2 Å². The largest absolute Gasteiger partial charge is 0.456 e. The summed E-state index contributed by atoms with van der Waals surface area (Å²) in [5, 5.41) is 3.42. The molecular weight excluding hydrogens is 276 g/mol. The van der Waals surface area contributed by atoms with Crippen molar-refractivity contribution in [1.29, 1.82) is 0 Å². The summed E-state index contributed by atoms with van der Waals surface area (Å²) >= 11 is 0. The van der Waals surface area contributed by atoms with Crippen LogP contribution in [0.1, 0.15) is 48.1 Å². The number of halogens is 1. The summed E-state index contributed by atoms with van der Waals surface area (Å²) in [6.45, 7) is 6.00. The zero-order chi connectivity index (χ0) is 13.4. The lowest BCUT2D eigenvalue weighted by atomic mass is 10.1. The first-order valence-corrected chi connectivity index (χ1v) is 7.33. The molecule has 1 N–H and O–H groups in total. The van der Waals surface area contributed by atoms with Gasteiger partial charge in [-0.25, -0.2) is 0 Å². The van der Waals surface area contributed by atoms with Crippen LogP contribution in [0.15, 0.2) is 10.5 Å². The number of nitrogens with one attached hydrogen (secondary N) is 1. The minimum absolute atomic E-state index is 0. The quantitative estimate of drug-likeness (QED) is 0.912. The normalized spacial score (nSPS) is 25.2. The molecule has 0 aromatic carbocycles. The van der Waals surface area contributed by atoms with Crippen molar-refractivity contribution in [3.63, 3.8) is 0 Å². The van der Waals surface area contributed by atoms with Crippen LogP contribution in [0.4, 0.5) is 0 Å². The maximum Gasteiger partial charge on any atom is 0.290 e. The Labute approximate surface area is 126 Å². The minimum Gasteiger partial charge on any atom is -0.456 e. The molecule has 0 aliphatic carbocycles. The van der Waals surface area contributed by atoms with Gasteiger partial charge in [0.15, 0.2) is 5.76 Å². The second-order valence-corrected chi connectivity index (χ2v) is 5.66. The molecule has 2 unspecified atom stereocenters. The highest BCUT2D eigenvalue weighted by molar-refractivity contribution is 5.92. The van der Waals surface area contributed by atoms with Gasteiger partial charge in [0, 0.05) is 25.0 Å². The number of carbonyl (C=O) groups is 1. The van der Waals surface area contributed by atoms with E-state index in [9.17, 15) is 4.79 Å². The van der Waals surface area contributed by atoms with Crippen molar-refractivity contribution in [2.75, 3.05) is 13.1 Å². The standard InChI is InChI=1S/C15H22N2O2.ClH/c1-3-13-10(2)8-14(19-13)15(18)17-11-4-5-12(17)9-16-7-6-11;/h8,11-12,16H,3-7,9H2,1-2H3;1H. The Morgan fingerprint density at radius 1 is 1.40 bits per heavy atom. The number of fused-ring (bicyclic) bond motifs is 2. The first-order valence-electron chi connectivity index (χ1n) is 7.33. The summed E-state index contributed by atoms with van der Waals surface area (Å²) in [6, 6.07) is 2.64. The van der Waals surface area contributed by atoms with Gasteiger partial charge < -0.3 is 14.6 Å². The highest BCUT2D eigenvalue weighted by Crippen LogP contribution is 2.30. The number of furan rings is 1. The first-order chi connectivity index (χ1) is 9.20. The van der Waals surface area contributed by atoms with Crippen LogP contribution in [0.25, 0.3) is 0 Å². The van der Waals surface area contributed by atoms with Crippen molar-refractivity contribution < 1.29 is 9.21 Å². The monoisotopic (exact) mass is 298 g/mol. The average molecular weight is 299 g/mol. The molecule has 3 rings (SSSR count). The van der Waals surface area contributed by atoms with Gasteiger partial charge in [-0.2, -0.15) is 0 Å². The molecule has 112 valence electrons. The lowest BCUT2D eigenvalue weighted by Crippen LogP contribution is -2.42. The number of rotatable bonds is 2. The van der Waals surface area contributed by atoms with E-state index in [1.165, 1.54) is 0 Å². The molecule has 20 heavy (non-hydrogen) atoms. The van der Waals surface area contributed by atoms with Crippen LogP contribution in [0, 0.1) is 6.92 Å². The van der Waals surface area contributed by atoms with E-state index in [1.54, 1.807) is 0 Å². The van der Waals surface area contributed by atoms with Gasteiger partial charge in [0.05, 0.1) is 0 Å². The topological polar surface area (TPSA) is 45.5 Å². The third-order valence-corrected chi connectivity index (χ3v) is 4.44. The van der Waals surface area contributed by atoms with Gasteiger partial charge in [-0.1, -0.05) is 6.92 Å². The number of nitrogens with zero attached hydrogens (tertiary/aromatic N) is 1. The molecule has 2 aliphatic rings. The van der Waals surface area contributed by atoms with E-state index < -0.39 is 0 Å². The molecule has 2 aliphatic heterocycles. The van der Waals surface area contributed by atoms with Gasteiger partial charge in [-0.15, -0.1) is 12.4 Å². The van der Waals surface area contributed by atoms with Crippen molar-refractivity contribution in [3.8, 4) is 0 Å². The fraction of sp³-hybridized carbons (Fsp3) is 0.667. The lowest BCUT2D eigenvalue weighted by molar-refractivity contribution is 0.0645. The number of amides is 1. The fourth-order valence-corrected chi connectivity index (χ4v) is 3.42. The number of aryl methyl sites for hydroxylation is 2. The molecule has 3 heterocycles. The maximum absolute atomic E-state index is 12.7. The zero-order valence-electron chi connectivity index (χ0n) is 12.1. The van der Waals surface area contributed by atoms with Crippen LogP contribution < -0.4 is 5.32 Å². The summed E-state index contributed by atoms with van der Waals surface area (Å²) in [5.74, 6) is 1.54. The van der Waals surface area contributed by atoms with Gasteiger partial charge >= 0.3 is 0 Å². The first kappa shape index (κ1) is 15.4. The molecule has 2 atom stereocenters. The van der Waals surface area contributed by atoms with Gasteiger partial charge in [0.1, 0.15) is 5.76 Å². The molecule has 0 radical (unpaired) electrons. The summed E-state index contributed by atoms with van der Waals surface area (Å²) in [7, 11) is 0. The molecule has 1 amide bonds. The second kappa shape index (κ2) is 6.19. The summed E-state index contributed by atoms with van der Waals surface area (Å²) < 4.78 is 5.73. The Morgan fingerprint density at radius 3 is 2.85 bits per heavy atom. The molecule has 5 heteroatoms. The van der Waals surface area contributed by atoms with Crippen LogP contribution in [-0.4, -0.2) is 36.0 Å². The van der Waals surface area contributed by atoms with Crippen molar-refractivity contribution in [1.82, 2.24) is 10.2 Å². The molecular formula is C15H23ClN2O2. The summed E-state index contributed by atoms with van der Waals surface area (Å²) in [6.07, 6.45) is 4.15. The lowest BCUT2D eigenvalue weighted by Gasteiger charge is -2.26. The van der Waals surface area contributed by atoms with Gasteiger partial charge in [0.25, 0.3) is 5.91 Å². The van der Waals surface area contributed by atoms with E-state index in [-0.39, 0.29) is 18.3 Å². The highest BCUT2D eigenvalue weighted by atomic mass is 35.5. The summed E-state index contributed by atoms with van der Waals surface area (Å²) in [5.41, 5.74) is 1.09. The average Bonchev–Trinajstić information content (AvgIpc) is 2.88. The molecule has 0 saturated carbocycles. The Bertz CT molecular complexity index is 472. The Hall–Kier alpha value is -1.00. The Balaban J connectivity index is 0.00000147. The van der Waals surface area contributed by atoms with E-state index in [0.29, 0.717) is 17.8 Å². The zero-order valence-corrected chi connectivity index (χ0v) is 13.0. The number of hydrogen-bond donors (Lipinski definition) is 1. The molecule has 2 saturated heterocycles. The molecule has 1 aromatic heterocycles. The van der Waals surface area contributed by atoms with Crippen LogP contribution in [-0.2, 0) is 6.42 Å². The molecule has 0 spiro atoms. The van der Waals surface area contributed by atoms with E-state index in [0.717, 1.165) is 50.1 Å². The van der Waals surface area contributed by atoms with Gasteiger partial charge in [0.2, 0.25) is 0 Å². The van der Waals surface area contributed by atoms with Crippen molar-refractivity contribution in [2.45, 2.75) is 51.6 Å². The van der Waals surface area contributed by atoms with E-state index in [2.05, 4.69) is 17.1 Å². The van der Waals surface area contributed by atoms with Crippen LogP contribution in [0.2, 0.25) is 0 Å². The second-order valence-electron chi connectivity index (χ2n) is 5.66. The predicted molar refractivity (Wildman–Crippen MR) is 80.5 cm³/mol. The minimum atomic E-state index is 0. The molecule has 2 bridgehead atoms. The van der Waals surface area contributed by atoms with E-state index >= 15 is 0 Å². The number of carbonyl (C=O) groups excluding carboxylic acids is 1. The Kier molecular flexibility index (Phi) is 4.76. The van der Waals surface area contributed by atoms with Gasteiger partial charge in [-0.3, -0.25) is 4.79 Å². The highest BCUT2D eigenvalue weighted by Gasteiger charge is 2.39. The Morgan fingerprint density at radius 2 is 2.15 bits per heavy atom. The molecule has 4 nitrogen and oxygen atoms in total. The van der Waals surface area contributed by atoms with E-state index in [1.807, 2.05) is 13.0 Å². The van der Waals surface area contributed by atoms with E-state index in [4.69, 9.17) is 4.42 Å². The molecule has 1 aromatic rings. The molecule has 2 fully saturated rings. The SMILES string of the molecule is CCc1oc(C(=O)N2C3CCNCC2CC3)cc1C.Cl. The number of hydrogen-bond acceptors (Lipinski definition) is 3. The van der Waals surface area contributed by atoms with Crippen molar-refractivity contribution in [2.24, 2.45) is 0 Å². The van der Waals surface area contributed by atoms with Crippen LogP contribution >= 0.6 is 12.4 Å². The van der Waals surface area contributed by atoms with Crippen molar-refractivity contribution >= 4 is 18.3 Å². The predicted octanol–water partition coefficient (Wildman–Crippen LogP) is 2.54. The van der Waals surface area contributed by atoms with Gasteiger partial charge in [-0.05, 0) is 44.4 Å². The van der Waals surface area contributed by atoms with Crippen LogP contribution in [0.3, 0.4) is 0 Å². The smallest absolute Gasteiger partial charge is 0.290 e.